The Bertz CT molecular complexity index is 281. The Labute approximate surface area is 142 Å². The van der Waals surface area contributed by atoms with Crippen LogP contribution in [0.25, 0.3) is 0 Å². The average molecular weight is 349 g/mol. The molecule has 0 rings (SSSR count). The molecule has 0 atom stereocenters. The normalized spacial score (nSPS) is 11.6. The predicted octanol–water partition coefficient (Wildman–Crippen LogP) is 3.43. The molecule has 0 fully saturated rings. The minimum absolute atomic E-state index is 0.425. The number of carbonyl (C=O) groups is 1. The van der Waals surface area contributed by atoms with Gasteiger partial charge in [-0.15, -0.1) is 0 Å². The topological polar surface area (TPSA) is 82.8 Å². The summed E-state index contributed by atoms with van der Waals surface area (Å²) < 4.78 is 16.2. The Morgan fingerprint density at radius 3 is 1.57 bits per heavy atom. The van der Waals surface area contributed by atoms with E-state index in [1.54, 1.807) is 21.3 Å². The molecule has 0 unspecified atom stereocenters. The molecule has 7 heteroatoms. The van der Waals surface area contributed by atoms with E-state index >= 15 is 0 Å². The minimum Gasteiger partial charge on any atom is -0.377 e. The molecule has 3 N–H and O–H groups in total. The molecule has 0 aliphatic carbocycles. The van der Waals surface area contributed by atoms with Crippen LogP contribution in [0, 0.1) is 0 Å². The Hall–Kier alpha value is -0.633. The Morgan fingerprint density at radius 1 is 0.783 bits per heavy atom. The van der Waals surface area contributed by atoms with Gasteiger partial charge in [0, 0.05) is 33.9 Å². The number of hydrogen-bond donors (Lipinski definition) is 2. The fourth-order valence-electron chi connectivity index (χ4n) is 2.65. The van der Waals surface area contributed by atoms with Crippen LogP contribution in [0.4, 0.5) is 4.79 Å². The number of amides is 2. The Kier molecular flexibility index (Phi) is 14.5. The van der Waals surface area contributed by atoms with E-state index in [-0.39, 0.29) is 0 Å². The maximum absolute atomic E-state index is 10.5. The van der Waals surface area contributed by atoms with E-state index in [1.165, 1.54) is 44.9 Å². The number of urea groups is 1. The lowest BCUT2D eigenvalue weighted by molar-refractivity contribution is 0.122. The van der Waals surface area contributed by atoms with Gasteiger partial charge in [-0.3, -0.25) is 0 Å². The second-order valence-electron chi connectivity index (χ2n) is 5.87. The van der Waals surface area contributed by atoms with Gasteiger partial charge in [0.25, 0.3) is 0 Å². The van der Waals surface area contributed by atoms with Crippen molar-refractivity contribution < 1.29 is 18.1 Å². The number of nitrogens with two attached hydrogens (primary N) is 1. The minimum atomic E-state index is -2.36. The number of hydrogen-bond acceptors (Lipinski definition) is 4. The summed E-state index contributed by atoms with van der Waals surface area (Å²) in [6.07, 6.45) is 12.2. The summed E-state index contributed by atoms with van der Waals surface area (Å²) in [5.74, 6) is 0. The van der Waals surface area contributed by atoms with E-state index in [2.05, 4.69) is 5.32 Å². The third-order valence-electron chi connectivity index (χ3n) is 4.14. The molecule has 0 aromatic carbocycles. The van der Waals surface area contributed by atoms with E-state index < -0.39 is 14.8 Å². The van der Waals surface area contributed by atoms with Crippen molar-refractivity contribution in [3.8, 4) is 0 Å². The van der Waals surface area contributed by atoms with Gasteiger partial charge >= 0.3 is 14.8 Å². The number of carbonyl (C=O) groups excluding carboxylic acids is 1. The Balaban J connectivity index is 3.29. The maximum Gasteiger partial charge on any atom is 0.500 e. The zero-order valence-electron chi connectivity index (χ0n) is 15.2. The van der Waals surface area contributed by atoms with Crippen molar-refractivity contribution in [3.05, 3.63) is 0 Å². The number of primary amides is 1. The molecule has 0 radical (unpaired) electrons. The second kappa shape index (κ2) is 14.9. The van der Waals surface area contributed by atoms with Crippen molar-refractivity contribution in [2.45, 2.75) is 70.3 Å². The molecular formula is C16H36N2O4Si. The highest BCUT2D eigenvalue weighted by Crippen LogP contribution is 2.18. The molecule has 0 bridgehead atoms. The average Bonchev–Trinajstić information content (AvgIpc) is 2.56. The first kappa shape index (κ1) is 22.4. The van der Waals surface area contributed by atoms with Crippen LogP contribution < -0.4 is 11.1 Å². The lowest BCUT2D eigenvalue weighted by atomic mass is 10.1. The summed E-state index contributed by atoms with van der Waals surface area (Å²) in [4.78, 5) is 10.5. The van der Waals surface area contributed by atoms with Crippen molar-refractivity contribution in [2.75, 3.05) is 27.9 Å². The van der Waals surface area contributed by atoms with Gasteiger partial charge in [0.1, 0.15) is 0 Å². The van der Waals surface area contributed by atoms with Gasteiger partial charge in [0.2, 0.25) is 0 Å². The van der Waals surface area contributed by atoms with Gasteiger partial charge in [0.15, 0.2) is 0 Å². The third-order valence-corrected chi connectivity index (χ3v) is 6.97. The van der Waals surface area contributed by atoms with Crippen LogP contribution in [0.1, 0.15) is 64.2 Å². The molecule has 0 spiro atoms. The molecule has 138 valence electrons. The smallest absolute Gasteiger partial charge is 0.377 e. The largest absolute Gasteiger partial charge is 0.500 e. The molecule has 0 aliphatic heterocycles. The summed E-state index contributed by atoms with van der Waals surface area (Å²) in [6, 6.07) is 0.474. The van der Waals surface area contributed by atoms with E-state index in [1.807, 2.05) is 0 Å². The van der Waals surface area contributed by atoms with Crippen LogP contribution in [-0.2, 0) is 13.3 Å². The van der Waals surface area contributed by atoms with Crippen molar-refractivity contribution in [3.63, 3.8) is 0 Å². The number of rotatable bonds is 16. The fraction of sp³-hybridized carbons (Fsp3) is 0.938. The SMILES string of the molecule is CO[Si](CCCCCCCCCCCCNC(N)=O)(OC)OC. The van der Waals surface area contributed by atoms with Crippen LogP contribution in [-0.4, -0.2) is 42.7 Å². The molecule has 23 heavy (non-hydrogen) atoms. The van der Waals surface area contributed by atoms with Gasteiger partial charge in [-0.1, -0.05) is 51.4 Å². The summed E-state index contributed by atoms with van der Waals surface area (Å²) in [5, 5.41) is 2.61. The molecule has 0 aliphatic rings. The zero-order chi connectivity index (χ0) is 17.4. The standard InChI is InChI=1S/C16H36N2O4Si/c1-20-23(21-2,22-3)15-13-11-9-7-5-4-6-8-10-12-14-18-16(17)19/h4-15H2,1-3H3,(H3,17,18,19). The summed E-state index contributed by atoms with van der Waals surface area (Å²) >= 11 is 0. The monoisotopic (exact) mass is 348 g/mol. The first-order valence-corrected chi connectivity index (χ1v) is 10.7. The molecule has 0 aromatic rings. The van der Waals surface area contributed by atoms with Crippen LogP contribution >= 0.6 is 0 Å². The fourth-order valence-corrected chi connectivity index (χ4v) is 4.44. The molecule has 0 heterocycles. The molecule has 2 amide bonds. The molecule has 0 saturated carbocycles. The van der Waals surface area contributed by atoms with Crippen molar-refractivity contribution in [1.29, 1.82) is 0 Å². The highest BCUT2D eigenvalue weighted by molar-refractivity contribution is 6.60. The van der Waals surface area contributed by atoms with E-state index in [0.29, 0.717) is 6.54 Å². The quantitative estimate of drug-likeness (QED) is 0.331. The highest BCUT2D eigenvalue weighted by Gasteiger charge is 2.36. The van der Waals surface area contributed by atoms with Crippen molar-refractivity contribution in [2.24, 2.45) is 5.73 Å². The zero-order valence-corrected chi connectivity index (χ0v) is 16.2. The van der Waals surface area contributed by atoms with E-state index in [4.69, 9.17) is 19.0 Å². The van der Waals surface area contributed by atoms with Crippen molar-refractivity contribution in [1.82, 2.24) is 5.32 Å². The van der Waals surface area contributed by atoms with E-state index in [9.17, 15) is 4.79 Å². The van der Waals surface area contributed by atoms with Crippen LogP contribution in [0.3, 0.4) is 0 Å². The van der Waals surface area contributed by atoms with Gasteiger partial charge in [-0.05, 0) is 12.8 Å². The van der Waals surface area contributed by atoms with Crippen LogP contribution in [0.15, 0.2) is 0 Å². The molecule has 0 saturated heterocycles. The first-order chi connectivity index (χ1) is 11.1. The Morgan fingerprint density at radius 2 is 1.17 bits per heavy atom. The van der Waals surface area contributed by atoms with Crippen LogP contribution in [0.5, 0.6) is 0 Å². The van der Waals surface area contributed by atoms with Gasteiger partial charge < -0.3 is 24.3 Å². The molecular weight excluding hydrogens is 312 g/mol. The third kappa shape index (κ3) is 12.5. The lowest BCUT2D eigenvalue weighted by Crippen LogP contribution is -2.42. The summed E-state index contributed by atoms with van der Waals surface area (Å²) in [6.45, 7) is 0.699. The lowest BCUT2D eigenvalue weighted by Gasteiger charge is -2.24. The van der Waals surface area contributed by atoms with Gasteiger partial charge in [0.05, 0.1) is 0 Å². The molecule has 6 nitrogen and oxygen atoms in total. The highest BCUT2D eigenvalue weighted by atomic mass is 28.4. The van der Waals surface area contributed by atoms with Crippen LogP contribution in [0.2, 0.25) is 6.04 Å². The van der Waals surface area contributed by atoms with E-state index in [0.717, 1.165) is 25.3 Å². The molecule has 0 aromatic heterocycles. The summed E-state index contributed by atoms with van der Waals surface area (Å²) in [7, 11) is 2.65. The summed E-state index contributed by atoms with van der Waals surface area (Å²) in [5.41, 5.74) is 5.00. The second-order valence-corrected chi connectivity index (χ2v) is 8.96. The first-order valence-electron chi connectivity index (χ1n) is 8.79. The van der Waals surface area contributed by atoms with Crippen molar-refractivity contribution >= 4 is 14.8 Å². The number of nitrogens with one attached hydrogen (secondary N) is 1. The van der Waals surface area contributed by atoms with Gasteiger partial charge in [-0.25, -0.2) is 4.79 Å². The van der Waals surface area contributed by atoms with Gasteiger partial charge in [-0.2, -0.15) is 0 Å². The predicted molar refractivity (Wildman–Crippen MR) is 95.3 cm³/mol. The maximum atomic E-state index is 10.5. The number of unbranched alkanes of at least 4 members (excludes halogenated alkanes) is 9.